The summed E-state index contributed by atoms with van der Waals surface area (Å²) in [5.41, 5.74) is 1.87. The van der Waals surface area contributed by atoms with Gasteiger partial charge < -0.3 is 9.84 Å². The van der Waals surface area contributed by atoms with Gasteiger partial charge in [-0.25, -0.2) is 0 Å². The number of methoxy groups -OCH3 is 1. The Balaban J connectivity index is 1.76. The van der Waals surface area contributed by atoms with Crippen LogP contribution in [-0.2, 0) is 4.79 Å². The number of ether oxygens (including phenoxy) is 1. The summed E-state index contributed by atoms with van der Waals surface area (Å²) < 4.78 is 5.22. The van der Waals surface area contributed by atoms with Gasteiger partial charge in [0.1, 0.15) is 10.8 Å². The first-order valence-electron chi connectivity index (χ1n) is 6.72. The molecular weight excluding hydrogens is 300 g/mol. The van der Waals surface area contributed by atoms with Crippen molar-refractivity contribution in [2.75, 3.05) is 12.9 Å². The molecule has 0 radical (unpaired) electrons. The van der Waals surface area contributed by atoms with Crippen molar-refractivity contribution in [2.24, 2.45) is 10.2 Å². The molecule has 1 aliphatic heterocycles. The summed E-state index contributed by atoms with van der Waals surface area (Å²) in [6.07, 6.45) is 0.583. The number of carboxylic acids is 1. The highest BCUT2D eigenvalue weighted by Gasteiger charge is 2.16. The molecule has 0 spiro atoms. The maximum absolute atomic E-state index is 10.6. The van der Waals surface area contributed by atoms with E-state index in [2.05, 4.69) is 16.3 Å². The van der Waals surface area contributed by atoms with Gasteiger partial charge in [-0.05, 0) is 34.5 Å². The van der Waals surface area contributed by atoms with E-state index in [0.29, 0.717) is 6.42 Å². The molecule has 22 heavy (non-hydrogen) atoms. The smallest absolute Gasteiger partial charge is 0.313 e. The minimum atomic E-state index is -0.846. The number of aliphatic carboxylic acids is 1. The fourth-order valence-corrected chi connectivity index (χ4v) is 2.87. The molecule has 2 aromatic carbocycles. The van der Waals surface area contributed by atoms with Crippen molar-refractivity contribution in [2.45, 2.75) is 6.42 Å². The Morgan fingerprint density at radius 1 is 1.23 bits per heavy atom. The first-order valence-corrected chi connectivity index (χ1v) is 7.70. The second kappa shape index (κ2) is 6.19. The van der Waals surface area contributed by atoms with Crippen molar-refractivity contribution in [3.05, 3.63) is 42.0 Å². The highest BCUT2D eigenvalue weighted by atomic mass is 32.2. The monoisotopic (exact) mass is 314 g/mol. The highest BCUT2D eigenvalue weighted by Crippen LogP contribution is 2.24. The van der Waals surface area contributed by atoms with Gasteiger partial charge in [0.05, 0.1) is 18.6 Å². The van der Waals surface area contributed by atoms with Crippen LogP contribution >= 0.6 is 11.8 Å². The predicted octanol–water partition coefficient (Wildman–Crippen LogP) is 3.17. The third-order valence-electron chi connectivity index (χ3n) is 3.34. The fraction of sp³-hybridized carbons (Fsp3) is 0.188. The van der Waals surface area contributed by atoms with Crippen LogP contribution in [0.2, 0.25) is 0 Å². The summed E-state index contributed by atoms with van der Waals surface area (Å²) in [6.45, 7) is 0. The van der Waals surface area contributed by atoms with Crippen LogP contribution in [0.25, 0.3) is 10.8 Å². The third kappa shape index (κ3) is 3.12. The molecule has 0 bridgehead atoms. The summed E-state index contributed by atoms with van der Waals surface area (Å²) >= 11 is 1.22. The van der Waals surface area contributed by atoms with Crippen LogP contribution in [0.3, 0.4) is 0 Å². The molecule has 0 unspecified atom stereocenters. The zero-order valence-corrected chi connectivity index (χ0v) is 12.8. The topological polar surface area (TPSA) is 71.2 Å². The largest absolute Gasteiger partial charge is 0.497 e. The normalized spacial score (nSPS) is 13.9. The number of nitrogens with zero attached hydrogens (tertiary/aromatic N) is 2. The molecule has 5 nitrogen and oxygen atoms in total. The van der Waals surface area contributed by atoms with Crippen molar-refractivity contribution in [1.82, 2.24) is 0 Å². The lowest BCUT2D eigenvalue weighted by atomic mass is 10.0. The van der Waals surface area contributed by atoms with Gasteiger partial charge in [-0.3, -0.25) is 4.79 Å². The standard InChI is InChI=1S/C16H14N2O3S/c1-21-13-5-4-10-6-12(3-2-11(10)7-13)14-8-15(18-17-14)22-9-16(19)20/h2-7H,8-9H2,1H3,(H,19,20). The Bertz CT molecular complexity index is 799. The van der Waals surface area contributed by atoms with Crippen LogP contribution in [0.5, 0.6) is 5.75 Å². The number of rotatable bonds is 4. The molecule has 1 aliphatic rings. The van der Waals surface area contributed by atoms with Gasteiger partial charge in [-0.2, -0.15) is 5.10 Å². The molecule has 0 saturated carbocycles. The molecule has 1 N–H and O–H groups in total. The van der Waals surface area contributed by atoms with Crippen LogP contribution < -0.4 is 4.74 Å². The van der Waals surface area contributed by atoms with E-state index in [0.717, 1.165) is 32.8 Å². The molecule has 6 heteroatoms. The van der Waals surface area contributed by atoms with E-state index < -0.39 is 5.97 Å². The first kappa shape index (κ1) is 14.6. The SMILES string of the molecule is COc1ccc2cc(C3=NN=C(SCC(=O)O)C3)ccc2c1. The van der Waals surface area contributed by atoms with Crippen LogP contribution in [-0.4, -0.2) is 34.7 Å². The van der Waals surface area contributed by atoms with Gasteiger partial charge in [0, 0.05) is 6.42 Å². The van der Waals surface area contributed by atoms with Crippen molar-refractivity contribution >= 4 is 39.3 Å². The molecule has 0 saturated heterocycles. The first-order chi connectivity index (χ1) is 10.7. The average molecular weight is 314 g/mol. The van der Waals surface area contributed by atoms with E-state index in [9.17, 15) is 4.79 Å². The maximum Gasteiger partial charge on any atom is 0.313 e. The van der Waals surface area contributed by atoms with Crippen molar-refractivity contribution in [3.63, 3.8) is 0 Å². The number of fused-ring (bicyclic) bond motifs is 1. The van der Waals surface area contributed by atoms with Gasteiger partial charge in [0.25, 0.3) is 0 Å². The Morgan fingerprint density at radius 2 is 2.00 bits per heavy atom. The molecular formula is C16H14N2O3S. The van der Waals surface area contributed by atoms with Crippen molar-refractivity contribution < 1.29 is 14.6 Å². The number of carbonyl (C=O) groups is 1. The quantitative estimate of drug-likeness (QED) is 0.941. The number of hydrogen-bond acceptors (Lipinski definition) is 5. The zero-order chi connectivity index (χ0) is 15.5. The van der Waals surface area contributed by atoms with Crippen LogP contribution in [0.1, 0.15) is 12.0 Å². The molecule has 0 atom stereocenters. The minimum Gasteiger partial charge on any atom is -0.497 e. The third-order valence-corrected chi connectivity index (χ3v) is 4.29. The highest BCUT2D eigenvalue weighted by molar-refractivity contribution is 8.14. The van der Waals surface area contributed by atoms with Gasteiger partial charge in [0.15, 0.2) is 0 Å². The van der Waals surface area contributed by atoms with E-state index in [4.69, 9.17) is 9.84 Å². The van der Waals surface area contributed by atoms with Gasteiger partial charge >= 0.3 is 5.97 Å². The number of thioether (sulfide) groups is 1. The van der Waals surface area contributed by atoms with Gasteiger partial charge in [0.2, 0.25) is 0 Å². The molecule has 0 aliphatic carbocycles. The van der Waals surface area contributed by atoms with E-state index >= 15 is 0 Å². The summed E-state index contributed by atoms with van der Waals surface area (Å²) in [6, 6.07) is 12.0. The summed E-state index contributed by atoms with van der Waals surface area (Å²) in [5, 5.41) is 19.9. The van der Waals surface area contributed by atoms with E-state index in [-0.39, 0.29) is 5.75 Å². The van der Waals surface area contributed by atoms with E-state index in [1.165, 1.54) is 11.8 Å². The number of benzene rings is 2. The Morgan fingerprint density at radius 3 is 2.77 bits per heavy atom. The minimum absolute atomic E-state index is 0.0130. The molecule has 2 aromatic rings. The van der Waals surface area contributed by atoms with Crippen LogP contribution in [0.15, 0.2) is 46.6 Å². The molecule has 112 valence electrons. The predicted molar refractivity (Wildman–Crippen MR) is 89.2 cm³/mol. The lowest BCUT2D eigenvalue weighted by Crippen LogP contribution is -2.05. The van der Waals surface area contributed by atoms with Crippen molar-refractivity contribution in [3.8, 4) is 5.75 Å². The Kier molecular flexibility index (Phi) is 4.11. The average Bonchev–Trinajstić information content (AvgIpc) is 3.01. The van der Waals surface area contributed by atoms with E-state index in [1.807, 2.05) is 30.3 Å². The molecule has 0 amide bonds. The van der Waals surface area contributed by atoms with Gasteiger partial charge in [-0.1, -0.05) is 30.0 Å². The number of carboxylic acid groups (broad SMARTS) is 1. The molecule has 3 rings (SSSR count). The van der Waals surface area contributed by atoms with E-state index in [1.54, 1.807) is 7.11 Å². The van der Waals surface area contributed by atoms with Crippen LogP contribution in [0.4, 0.5) is 0 Å². The maximum atomic E-state index is 10.6. The molecule has 0 fully saturated rings. The van der Waals surface area contributed by atoms with Crippen LogP contribution in [0, 0.1) is 0 Å². The molecule has 1 heterocycles. The zero-order valence-electron chi connectivity index (χ0n) is 11.9. The number of hydrogen-bond donors (Lipinski definition) is 1. The summed E-state index contributed by atoms with van der Waals surface area (Å²) in [4.78, 5) is 10.6. The summed E-state index contributed by atoms with van der Waals surface area (Å²) in [5.74, 6) is -0.00552. The van der Waals surface area contributed by atoms with Gasteiger partial charge in [-0.15, -0.1) is 5.10 Å². The second-order valence-corrected chi connectivity index (χ2v) is 5.88. The Labute approximate surface area is 131 Å². The molecule has 0 aromatic heterocycles. The fourth-order valence-electron chi connectivity index (χ4n) is 2.25. The van der Waals surface area contributed by atoms with Crippen molar-refractivity contribution in [1.29, 1.82) is 0 Å². The lowest BCUT2D eigenvalue weighted by molar-refractivity contribution is -0.133. The summed E-state index contributed by atoms with van der Waals surface area (Å²) in [7, 11) is 1.65. The Hall–Kier alpha value is -2.34. The lowest BCUT2D eigenvalue weighted by Gasteiger charge is -2.05. The second-order valence-electron chi connectivity index (χ2n) is 4.83.